The summed E-state index contributed by atoms with van der Waals surface area (Å²) >= 11 is 0. The van der Waals surface area contributed by atoms with E-state index in [1.54, 1.807) is 0 Å². The van der Waals surface area contributed by atoms with Gasteiger partial charge in [-0.3, -0.25) is 4.79 Å². The SMILES string of the molecule is CCC(C)(C)CCC(C)(CC)CCCC(CC(C)(C)CCC(C)(C)C)C(N)=O. The van der Waals surface area contributed by atoms with Crippen molar-refractivity contribution in [2.45, 2.75) is 133 Å². The fourth-order valence-electron chi connectivity index (χ4n) is 3.90. The van der Waals surface area contributed by atoms with Gasteiger partial charge >= 0.3 is 0 Å². The van der Waals surface area contributed by atoms with Crippen LogP contribution in [0.25, 0.3) is 0 Å². The number of hydrogen-bond donors (Lipinski definition) is 1. The summed E-state index contributed by atoms with van der Waals surface area (Å²) in [5.41, 5.74) is 7.14. The second-order valence-electron chi connectivity index (χ2n) is 12.6. The third kappa shape index (κ3) is 12.1. The summed E-state index contributed by atoms with van der Waals surface area (Å²) in [6.45, 7) is 23.3. The first-order chi connectivity index (χ1) is 12.5. The number of carbonyl (C=O) groups excluding carboxylic acids is 1. The Labute approximate surface area is 177 Å². The standard InChI is InChI=1S/C26H53NO/c1-11-24(6,7)18-19-26(10,12-2)15-13-14-21(22(27)28)20-25(8,9)17-16-23(3,4)5/h21H,11-20H2,1-10H3,(H2,27,28). The van der Waals surface area contributed by atoms with Gasteiger partial charge in [-0.25, -0.2) is 0 Å². The zero-order chi connectivity index (χ0) is 22.2. The molecule has 2 nitrogen and oxygen atoms in total. The average molecular weight is 396 g/mol. The molecule has 0 aliphatic heterocycles. The van der Waals surface area contributed by atoms with E-state index in [1.807, 2.05) is 0 Å². The Kier molecular flexibility index (Phi) is 10.8. The molecule has 168 valence electrons. The van der Waals surface area contributed by atoms with E-state index in [9.17, 15) is 4.79 Å². The molecule has 0 spiro atoms. The lowest BCUT2D eigenvalue weighted by atomic mass is 9.71. The van der Waals surface area contributed by atoms with Crippen LogP contribution in [0.2, 0.25) is 0 Å². The maximum Gasteiger partial charge on any atom is 0.220 e. The highest BCUT2D eigenvalue weighted by atomic mass is 16.1. The van der Waals surface area contributed by atoms with Crippen molar-refractivity contribution >= 4 is 5.91 Å². The lowest BCUT2D eigenvalue weighted by Crippen LogP contribution is -2.29. The minimum absolute atomic E-state index is 0.0168. The van der Waals surface area contributed by atoms with Gasteiger partial charge in [0, 0.05) is 5.92 Å². The van der Waals surface area contributed by atoms with Crippen molar-refractivity contribution < 1.29 is 4.79 Å². The van der Waals surface area contributed by atoms with Crippen LogP contribution in [0.5, 0.6) is 0 Å². The Morgan fingerprint density at radius 2 is 1.29 bits per heavy atom. The molecule has 0 aliphatic rings. The van der Waals surface area contributed by atoms with Gasteiger partial charge in [0.05, 0.1) is 0 Å². The first-order valence-corrected chi connectivity index (χ1v) is 11.8. The number of carbonyl (C=O) groups is 1. The number of nitrogens with two attached hydrogens (primary N) is 1. The number of rotatable bonds is 14. The fourth-order valence-corrected chi connectivity index (χ4v) is 3.90. The zero-order valence-electron chi connectivity index (χ0n) is 21.1. The zero-order valence-corrected chi connectivity index (χ0v) is 21.1. The summed E-state index contributed by atoms with van der Waals surface area (Å²) in [7, 11) is 0. The van der Waals surface area contributed by atoms with Gasteiger partial charge in [0.2, 0.25) is 5.91 Å². The van der Waals surface area contributed by atoms with E-state index in [4.69, 9.17) is 5.73 Å². The van der Waals surface area contributed by atoms with Crippen molar-refractivity contribution in [3.05, 3.63) is 0 Å². The molecule has 28 heavy (non-hydrogen) atoms. The van der Waals surface area contributed by atoms with Gasteiger partial charge in [0.25, 0.3) is 0 Å². The molecule has 0 aliphatic carbocycles. The van der Waals surface area contributed by atoms with Crippen molar-refractivity contribution in [2.24, 2.45) is 33.3 Å². The lowest BCUT2D eigenvalue weighted by molar-refractivity contribution is -0.123. The topological polar surface area (TPSA) is 43.1 Å². The van der Waals surface area contributed by atoms with E-state index in [0.717, 1.165) is 25.7 Å². The van der Waals surface area contributed by atoms with E-state index in [-0.39, 0.29) is 17.2 Å². The summed E-state index contributed by atoms with van der Waals surface area (Å²) in [5, 5.41) is 0. The van der Waals surface area contributed by atoms with Crippen LogP contribution in [0.3, 0.4) is 0 Å². The van der Waals surface area contributed by atoms with Crippen molar-refractivity contribution in [2.75, 3.05) is 0 Å². The maximum atomic E-state index is 12.1. The maximum absolute atomic E-state index is 12.1. The van der Waals surface area contributed by atoms with E-state index in [2.05, 4.69) is 69.2 Å². The molecule has 1 amide bonds. The molecule has 0 rings (SSSR count). The minimum atomic E-state index is -0.103. The highest BCUT2D eigenvalue weighted by Gasteiger charge is 2.30. The van der Waals surface area contributed by atoms with Crippen LogP contribution in [0, 0.1) is 27.6 Å². The molecule has 2 heteroatoms. The normalized spacial score (nSPS) is 16.6. The number of hydrogen-bond acceptors (Lipinski definition) is 1. The molecule has 0 bridgehead atoms. The average Bonchev–Trinajstić information content (AvgIpc) is 2.57. The van der Waals surface area contributed by atoms with Crippen LogP contribution < -0.4 is 5.73 Å². The second-order valence-corrected chi connectivity index (χ2v) is 12.6. The van der Waals surface area contributed by atoms with Gasteiger partial charge in [-0.15, -0.1) is 0 Å². The van der Waals surface area contributed by atoms with Gasteiger partial charge < -0.3 is 5.73 Å². The van der Waals surface area contributed by atoms with Crippen molar-refractivity contribution in [1.29, 1.82) is 0 Å². The quantitative estimate of drug-likeness (QED) is 0.317. The molecule has 2 N–H and O–H groups in total. The van der Waals surface area contributed by atoms with Gasteiger partial charge in [0.15, 0.2) is 0 Å². The summed E-state index contributed by atoms with van der Waals surface area (Å²) in [4.78, 5) is 12.1. The minimum Gasteiger partial charge on any atom is -0.369 e. The van der Waals surface area contributed by atoms with Crippen LogP contribution in [0.4, 0.5) is 0 Å². The molecule has 2 unspecified atom stereocenters. The van der Waals surface area contributed by atoms with E-state index < -0.39 is 0 Å². The Bertz CT molecular complexity index is 458. The predicted octanol–water partition coefficient (Wildman–Crippen LogP) is 8.13. The third-order valence-corrected chi connectivity index (χ3v) is 7.30. The Hall–Kier alpha value is -0.530. The van der Waals surface area contributed by atoms with E-state index >= 15 is 0 Å². The molecule has 0 heterocycles. The van der Waals surface area contributed by atoms with Crippen LogP contribution in [-0.4, -0.2) is 5.91 Å². The summed E-state index contributed by atoms with van der Waals surface area (Å²) in [5.74, 6) is -0.0858. The molecule has 2 atom stereocenters. The van der Waals surface area contributed by atoms with Crippen molar-refractivity contribution in [3.63, 3.8) is 0 Å². The van der Waals surface area contributed by atoms with E-state index in [1.165, 1.54) is 38.5 Å². The number of amides is 1. The Morgan fingerprint density at radius 3 is 1.71 bits per heavy atom. The van der Waals surface area contributed by atoms with E-state index in [0.29, 0.717) is 16.2 Å². The van der Waals surface area contributed by atoms with Gasteiger partial charge in [-0.1, -0.05) is 88.5 Å². The number of primary amides is 1. The molecule has 0 saturated heterocycles. The lowest BCUT2D eigenvalue weighted by Gasteiger charge is -2.34. The highest BCUT2D eigenvalue weighted by Crippen LogP contribution is 2.40. The predicted molar refractivity (Wildman–Crippen MR) is 125 cm³/mol. The van der Waals surface area contributed by atoms with Crippen LogP contribution in [0.15, 0.2) is 0 Å². The monoisotopic (exact) mass is 395 g/mol. The van der Waals surface area contributed by atoms with Crippen LogP contribution >= 0.6 is 0 Å². The molecule has 0 aromatic heterocycles. The van der Waals surface area contributed by atoms with Crippen molar-refractivity contribution in [3.8, 4) is 0 Å². The van der Waals surface area contributed by atoms with Crippen molar-refractivity contribution in [1.82, 2.24) is 0 Å². The molecular formula is C26H53NO. The molecule has 0 aromatic carbocycles. The van der Waals surface area contributed by atoms with Gasteiger partial charge in [-0.05, 0) is 66.6 Å². The highest BCUT2D eigenvalue weighted by molar-refractivity contribution is 5.76. The third-order valence-electron chi connectivity index (χ3n) is 7.30. The van der Waals surface area contributed by atoms with Gasteiger partial charge in [0.1, 0.15) is 0 Å². The molecule has 0 aromatic rings. The Morgan fingerprint density at radius 1 is 0.750 bits per heavy atom. The first-order valence-electron chi connectivity index (χ1n) is 11.8. The molecule has 0 fully saturated rings. The molecule has 0 saturated carbocycles. The molecule has 0 radical (unpaired) electrons. The second kappa shape index (κ2) is 11.0. The largest absolute Gasteiger partial charge is 0.369 e. The molecular weight excluding hydrogens is 342 g/mol. The summed E-state index contributed by atoms with van der Waals surface area (Å²) < 4.78 is 0. The Balaban J connectivity index is 4.71. The van der Waals surface area contributed by atoms with Crippen LogP contribution in [0.1, 0.15) is 133 Å². The smallest absolute Gasteiger partial charge is 0.220 e. The van der Waals surface area contributed by atoms with Gasteiger partial charge in [-0.2, -0.15) is 0 Å². The fraction of sp³-hybridized carbons (Fsp3) is 0.962. The summed E-state index contributed by atoms with van der Waals surface area (Å²) in [6.07, 6.45) is 11.5. The summed E-state index contributed by atoms with van der Waals surface area (Å²) in [6, 6.07) is 0. The first kappa shape index (κ1) is 27.5. The van der Waals surface area contributed by atoms with Crippen LogP contribution in [-0.2, 0) is 4.79 Å².